The second-order valence-electron chi connectivity index (χ2n) is 9.39. The summed E-state index contributed by atoms with van der Waals surface area (Å²) in [7, 11) is 0. The van der Waals surface area contributed by atoms with Gasteiger partial charge in [0.1, 0.15) is 12.1 Å². The molecule has 184 valence electrons. The first-order valence-corrected chi connectivity index (χ1v) is 12.4. The zero-order valence-corrected chi connectivity index (χ0v) is 20.5. The lowest BCUT2D eigenvalue weighted by molar-refractivity contribution is -0.138. The first kappa shape index (κ1) is 24.5. The van der Waals surface area contributed by atoms with Crippen molar-refractivity contribution in [1.82, 2.24) is 15.1 Å². The van der Waals surface area contributed by atoms with Gasteiger partial charge >= 0.3 is 0 Å². The van der Waals surface area contributed by atoms with Crippen LogP contribution in [0.4, 0.5) is 5.69 Å². The minimum atomic E-state index is -0.752. The van der Waals surface area contributed by atoms with Gasteiger partial charge in [0.15, 0.2) is 0 Å². The predicted molar refractivity (Wildman–Crippen MR) is 137 cm³/mol. The van der Waals surface area contributed by atoms with Gasteiger partial charge in [-0.1, -0.05) is 55.5 Å². The maximum absolute atomic E-state index is 13.7. The van der Waals surface area contributed by atoms with Gasteiger partial charge in [-0.15, -0.1) is 0 Å². The summed E-state index contributed by atoms with van der Waals surface area (Å²) in [4.78, 5) is 44.7. The average molecular weight is 475 g/mol. The maximum atomic E-state index is 13.7. The quantitative estimate of drug-likeness (QED) is 0.625. The van der Waals surface area contributed by atoms with E-state index in [-0.39, 0.29) is 30.3 Å². The monoisotopic (exact) mass is 474 g/mol. The molecule has 2 aliphatic heterocycles. The number of benzene rings is 2. The van der Waals surface area contributed by atoms with Gasteiger partial charge in [-0.2, -0.15) is 0 Å². The number of nitrogens with zero attached hydrogens (tertiary/aromatic N) is 3. The Kier molecular flexibility index (Phi) is 7.54. The van der Waals surface area contributed by atoms with Gasteiger partial charge in [-0.05, 0) is 50.0 Å². The first-order valence-electron chi connectivity index (χ1n) is 12.4. The van der Waals surface area contributed by atoms with Crippen molar-refractivity contribution in [3.05, 3.63) is 72.3 Å². The molecule has 0 aliphatic carbocycles. The second-order valence-corrected chi connectivity index (χ2v) is 9.39. The fourth-order valence-electron chi connectivity index (χ4n) is 4.85. The van der Waals surface area contributed by atoms with Gasteiger partial charge in [0.2, 0.25) is 11.8 Å². The normalized spacial score (nSPS) is 18.3. The van der Waals surface area contributed by atoms with Crippen molar-refractivity contribution in [1.29, 1.82) is 0 Å². The number of amides is 3. The van der Waals surface area contributed by atoms with Crippen molar-refractivity contribution < 1.29 is 14.4 Å². The van der Waals surface area contributed by atoms with Crippen molar-refractivity contribution in [3.63, 3.8) is 0 Å². The average Bonchev–Trinajstić information content (AvgIpc) is 3.14. The predicted octanol–water partition coefficient (Wildman–Crippen LogP) is 3.28. The number of likely N-dealkylation sites (tertiary alicyclic amines) is 1. The lowest BCUT2D eigenvalue weighted by atomic mass is 9.85. The van der Waals surface area contributed by atoms with E-state index in [0.717, 1.165) is 17.7 Å². The summed E-state index contributed by atoms with van der Waals surface area (Å²) in [6.07, 6.45) is 5.30. The topological polar surface area (TPSA) is 73.0 Å². The lowest BCUT2D eigenvalue weighted by Crippen LogP contribution is -2.57. The van der Waals surface area contributed by atoms with E-state index in [1.165, 1.54) is 0 Å². The fraction of sp³-hybridized carbons (Fsp3) is 0.393. The molecule has 1 spiro atoms. The smallest absolute Gasteiger partial charge is 0.250 e. The van der Waals surface area contributed by atoms with E-state index < -0.39 is 5.54 Å². The number of rotatable bonds is 7. The number of hydrogen-bond donors (Lipinski definition) is 1. The molecule has 7 nitrogen and oxygen atoms in total. The molecule has 2 aliphatic rings. The molecule has 7 heteroatoms. The summed E-state index contributed by atoms with van der Waals surface area (Å²) in [5, 5.41) is 2.96. The van der Waals surface area contributed by atoms with Crippen molar-refractivity contribution >= 4 is 29.5 Å². The van der Waals surface area contributed by atoms with Gasteiger partial charge in [0, 0.05) is 30.9 Å². The van der Waals surface area contributed by atoms with E-state index in [0.29, 0.717) is 32.6 Å². The molecule has 2 aromatic rings. The van der Waals surface area contributed by atoms with Crippen LogP contribution in [0.1, 0.15) is 38.7 Å². The third kappa shape index (κ3) is 5.39. The van der Waals surface area contributed by atoms with Crippen LogP contribution < -0.4 is 10.2 Å². The Bertz CT molecular complexity index is 1060. The van der Waals surface area contributed by atoms with Gasteiger partial charge in [0.05, 0.1) is 6.67 Å². The van der Waals surface area contributed by atoms with E-state index in [4.69, 9.17) is 0 Å². The highest BCUT2D eigenvalue weighted by atomic mass is 16.2. The molecule has 1 unspecified atom stereocenters. The Morgan fingerprint density at radius 1 is 1.03 bits per heavy atom. The fourth-order valence-corrected chi connectivity index (χ4v) is 4.85. The molecule has 0 bridgehead atoms. The Balaban J connectivity index is 1.48. The number of para-hydroxylation sites is 1. The molecule has 2 saturated heterocycles. The highest BCUT2D eigenvalue weighted by Gasteiger charge is 2.54. The van der Waals surface area contributed by atoms with Gasteiger partial charge in [-0.3, -0.25) is 14.4 Å². The van der Waals surface area contributed by atoms with Crippen LogP contribution >= 0.6 is 0 Å². The molecule has 35 heavy (non-hydrogen) atoms. The van der Waals surface area contributed by atoms with E-state index in [1.807, 2.05) is 80.6 Å². The summed E-state index contributed by atoms with van der Waals surface area (Å²) < 4.78 is 0. The third-order valence-electron chi connectivity index (χ3n) is 7.06. The van der Waals surface area contributed by atoms with Crippen LogP contribution in [0.2, 0.25) is 0 Å². The van der Waals surface area contributed by atoms with Crippen molar-refractivity contribution in [2.45, 2.75) is 44.7 Å². The molecule has 2 aromatic carbocycles. The highest BCUT2D eigenvalue weighted by molar-refractivity contribution is 5.97. The minimum absolute atomic E-state index is 0.0346. The Morgan fingerprint density at radius 2 is 1.66 bits per heavy atom. The van der Waals surface area contributed by atoms with Crippen molar-refractivity contribution in [2.75, 3.05) is 31.2 Å². The maximum Gasteiger partial charge on any atom is 0.250 e. The molecular formula is C28H34N4O3. The largest absolute Gasteiger partial charge is 0.352 e. The van der Waals surface area contributed by atoms with E-state index in [1.54, 1.807) is 15.9 Å². The Labute approximate surface area is 207 Å². The molecule has 1 atom stereocenters. The molecule has 0 aromatic heterocycles. The molecule has 0 saturated carbocycles. The number of piperidine rings is 1. The van der Waals surface area contributed by atoms with E-state index >= 15 is 0 Å². The Morgan fingerprint density at radius 3 is 2.29 bits per heavy atom. The van der Waals surface area contributed by atoms with Gasteiger partial charge < -0.3 is 20.0 Å². The van der Waals surface area contributed by atoms with Crippen LogP contribution in [-0.4, -0.2) is 65.4 Å². The number of anilines is 1. The first-order chi connectivity index (χ1) is 16.9. The van der Waals surface area contributed by atoms with Gasteiger partial charge in [0.25, 0.3) is 5.91 Å². The Hall–Kier alpha value is -3.61. The highest BCUT2D eigenvalue weighted by Crippen LogP contribution is 2.39. The zero-order valence-electron chi connectivity index (χ0n) is 20.5. The van der Waals surface area contributed by atoms with Crippen LogP contribution in [0.25, 0.3) is 6.08 Å². The van der Waals surface area contributed by atoms with Gasteiger partial charge in [-0.25, -0.2) is 0 Å². The summed E-state index contributed by atoms with van der Waals surface area (Å²) in [6, 6.07) is 19.7. The van der Waals surface area contributed by atoms with Crippen LogP contribution in [0.3, 0.4) is 0 Å². The molecule has 2 fully saturated rings. The summed E-state index contributed by atoms with van der Waals surface area (Å²) in [6.45, 7) is 5.35. The number of nitrogens with one attached hydrogen (secondary N) is 1. The molecule has 3 amide bonds. The summed E-state index contributed by atoms with van der Waals surface area (Å²) >= 11 is 0. The molecule has 2 heterocycles. The molecule has 4 rings (SSSR count). The van der Waals surface area contributed by atoms with E-state index in [9.17, 15) is 14.4 Å². The molecule has 0 radical (unpaired) electrons. The third-order valence-corrected chi connectivity index (χ3v) is 7.06. The summed E-state index contributed by atoms with van der Waals surface area (Å²) in [5.41, 5.74) is 1.18. The lowest BCUT2D eigenvalue weighted by Gasteiger charge is -2.43. The zero-order chi connectivity index (χ0) is 24.8. The van der Waals surface area contributed by atoms with Crippen LogP contribution in [0.15, 0.2) is 66.7 Å². The van der Waals surface area contributed by atoms with Crippen molar-refractivity contribution in [2.24, 2.45) is 0 Å². The number of carbonyl (C=O) groups is 3. The van der Waals surface area contributed by atoms with Crippen molar-refractivity contribution in [3.8, 4) is 0 Å². The second kappa shape index (κ2) is 10.8. The van der Waals surface area contributed by atoms with E-state index in [2.05, 4.69) is 10.2 Å². The SMILES string of the molecule is CCC(C)NC(=O)CN1CN(c2ccccc2)C2(CCN(C(=O)C=Cc3ccccc3)CC2)C1=O. The molecular weight excluding hydrogens is 440 g/mol. The van der Waals surface area contributed by atoms with Crippen LogP contribution in [0.5, 0.6) is 0 Å². The number of carbonyl (C=O) groups excluding carboxylic acids is 3. The number of hydrogen-bond acceptors (Lipinski definition) is 4. The van der Waals surface area contributed by atoms with Crippen LogP contribution in [-0.2, 0) is 14.4 Å². The molecule has 1 N–H and O–H groups in total. The minimum Gasteiger partial charge on any atom is -0.352 e. The summed E-state index contributed by atoms with van der Waals surface area (Å²) in [5.74, 6) is -0.228. The van der Waals surface area contributed by atoms with Crippen LogP contribution in [0, 0.1) is 0 Å². The standard InChI is InChI=1S/C28H34N4O3/c1-3-22(2)29-25(33)20-31-21-32(24-12-8-5-9-13-24)28(27(31)35)16-18-30(19-17-28)26(34)15-14-23-10-6-4-7-11-23/h4-15,22H,3,16-21H2,1-2H3,(H,29,33).